The number of hydrogen-bond donors (Lipinski definition) is 2. The van der Waals surface area contributed by atoms with E-state index in [0.717, 1.165) is 31.5 Å². The maximum absolute atomic E-state index is 4.66. The van der Waals surface area contributed by atoms with Gasteiger partial charge in [-0.3, -0.25) is 4.99 Å². The predicted octanol–water partition coefficient (Wildman–Crippen LogP) is 1.44. The van der Waals surface area contributed by atoms with Gasteiger partial charge in [0.2, 0.25) is 0 Å². The summed E-state index contributed by atoms with van der Waals surface area (Å²) < 4.78 is 0. The first-order chi connectivity index (χ1) is 8.78. The summed E-state index contributed by atoms with van der Waals surface area (Å²) in [6.45, 7) is 9.95. The third-order valence-corrected chi connectivity index (χ3v) is 3.82. The Balaban J connectivity index is 1.66. The topological polar surface area (TPSA) is 39.7 Å². The first-order valence-electron chi connectivity index (χ1n) is 7.55. The molecule has 1 heterocycles. The van der Waals surface area contributed by atoms with E-state index in [2.05, 4.69) is 34.4 Å². The van der Waals surface area contributed by atoms with Crippen molar-refractivity contribution in [3.8, 4) is 0 Å². The Morgan fingerprint density at radius 1 is 1.22 bits per heavy atom. The number of likely N-dealkylation sites (tertiary alicyclic amines) is 1. The van der Waals surface area contributed by atoms with E-state index < -0.39 is 0 Å². The fourth-order valence-electron chi connectivity index (χ4n) is 2.33. The number of aliphatic imine (C=N–C) groups is 1. The molecule has 0 atom stereocenters. The minimum Gasteiger partial charge on any atom is -0.357 e. The van der Waals surface area contributed by atoms with Gasteiger partial charge in [0.1, 0.15) is 0 Å². The summed E-state index contributed by atoms with van der Waals surface area (Å²) >= 11 is 0. The fraction of sp³-hybridized carbons (Fsp3) is 0.929. The summed E-state index contributed by atoms with van der Waals surface area (Å²) in [6.07, 6.45) is 5.30. The minimum absolute atomic E-state index is 0.679. The van der Waals surface area contributed by atoms with Gasteiger partial charge in [0, 0.05) is 19.1 Å². The Kier molecular flexibility index (Phi) is 5.29. The van der Waals surface area contributed by atoms with Crippen molar-refractivity contribution in [3.05, 3.63) is 0 Å². The molecule has 4 nitrogen and oxygen atoms in total. The van der Waals surface area contributed by atoms with E-state index in [4.69, 9.17) is 0 Å². The third kappa shape index (κ3) is 4.84. The van der Waals surface area contributed by atoms with Crippen LogP contribution in [0.5, 0.6) is 0 Å². The average molecular weight is 252 g/mol. The highest BCUT2D eigenvalue weighted by atomic mass is 15.2. The lowest BCUT2D eigenvalue weighted by Gasteiger charge is -2.29. The monoisotopic (exact) mass is 252 g/mol. The van der Waals surface area contributed by atoms with Gasteiger partial charge in [0.05, 0.1) is 6.54 Å². The second kappa shape index (κ2) is 6.98. The molecule has 0 aromatic rings. The second-order valence-electron chi connectivity index (χ2n) is 5.70. The maximum atomic E-state index is 4.66. The number of piperidine rings is 1. The molecule has 1 saturated heterocycles. The molecule has 18 heavy (non-hydrogen) atoms. The Morgan fingerprint density at radius 3 is 2.56 bits per heavy atom. The molecule has 0 aromatic heterocycles. The predicted molar refractivity (Wildman–Crippen MR) is 77.0 cm³/mol. The zero-order valence-corrected chi connectivity index (χ0v) is 11.9. The van der Waals surface area contributed by atoms with Crippen LogP contribution in [0, 0.1) is 5.92 Å². The molecule has 0 spiro atoms. The van der Waals surface area contributed by atoms with E-state index in [0.29, 0.717) is 6.04 Å². The van der Waals surface area contributed by atoms with Gasteiger partial charge in [-0.25, -0.2) is 0 Å². The molecule has 2 aliphatic rings. The highest BCUT2D eigenvalue weighted by Gasteiger charge is 2.22. The molecule has 1 saturated carbocycles. The molecule has 0 aromatic carbocycles. The molecule has 0 amide bonds. The Morgan fingerprint density at radius 2 is 1.94 bits per heavy atom. The smallest absolute Gasteiger partial charge is 0.191 e. The van der Waals surface area contributed by atoms with Gasteiger partial charge in [-0.2, -0.15) is 0 Å². The Labute approximate surface area is 111 Å². The molecule has 0 bridgehead atoms. The van der Waals surface area contributed by atoms with E-state index >= 15 is 0 Å². The van der Waals surface area contributed by atoms with Crippen molar-refractivity contribution < 1.29 is 0 Å². The van der Waals surface area contributed by atoms with Crippen molar-refractivity contribution in [1.29, 1.82) is 0 Å². The lowest BCUT2D eigenvalue weighted by Crippen LogP contribution is -2.39. The van der Waals surface area contributed by atoms with Crippen LogP contribution in [0.2, 0.25) is 0 Å². The van der Waals surface area contributed by atoms with Crippen LogP contribution in [0.3, 0.4) is 0 Å². The highest BCUT2D eigenvalue weighted by Crippen LogP contribution is 2.18. The van der Waals surface area contributed by atoms with Gasteiger partial charge in [-0.1, -0.05) is 6.92 Å². The van der Waals surface area contributed by atoms with Crippen molar-refractivity contribution in [1.82, 2.24) is 15.5 Å². The largest absolute Gasteiger partial charge is 0.357 e. The number of guanidine groups is 1. The first kappa shape index (κ1) is 13.7. The van der Waals surface area contributed by atoms with Crippen molar-refractivity contribution >= 4 is 5.96 Å². The number of nitrogens with zero attached hydrogens (tertiary/aromatic N) is 2. The van der Waals surface area contributed by atoms with Gasteiger partial charge in [0.15, 0.2) is 5.96 Å². The van der Waals surface area contributed by atoms with E-state index in [1.807, 2.05) is 0 Å². The van der Waals surface area contributed by atoms with Crippen LogP contribution in [0.4, 0.5) is 0 Å². The zero-order chi connectivity index (χ0) is 12.8. The zero-order valence-electron chi connectivity index (χ0n) is 11.9. The lowest BCUT2D eigenvalue weighted by molar-refractivity contribution is 0.197. The van der Waals surface area contributed by atoms with Crippen LogP contribution < -0.4 is 10.6 Å². The quantitative estimate of drug-likeness (QED) is 0.574. The first-order valence-corrected chi connectivity index (χ1v) is 7.55. The standard InChI is InChI=1S/C14H28N4/c1-3-15-14(17-13-4-5-13)16-8-11-18-9-6-12(2)7-10-18/h12-13H,3-11H2,1-2H3,(H2,15,16,17). The Bertz CT molecular complexity index is 265. The Hall–Kier alpha value is -0.770. The summed E-state index contributed by atoms with van der Waals surface area (Å²) in [6, 6.07) is 0.679. The molecule has 1 aliphatic carbocycles. The van der Waals surface area contributed by atoms with Crippen molar-refractivity contribution in [2.24, 2.45) is 10.9 Å². The summed E-state index contributed by atoms with van der Waals surface area (Å²) in [4.78, 5) is 7.21. The van der Waals surface area contributed by atoms with Crippen molar-refractivity contribution in [2.45, 2.75) is 45.6 Å². The van der Waals surface area contributed by atoms with Gasteiger partial charge >= 0.3 is 0 Å². The summed E-state index contributed by atoms with van der Waals surface area (Å²) in [7, 11) is 0. The summed E-state index contributed by atoms with van der Waals surface area (Å²) in [5.74, 6) is 1.92. The summed E-state index contributed by atoms with van der Waals surface area (Å²) in [5.41, 5.74) is 0. The van der Waals surface area contributed by atoms with Crippen LogP contribution in [0.1, 0.15) is 39.5 Å². The molecule has 104 valence electrons. The average Bonchev–Trinajstić information content (AvgIpc) is 3.16. The molecule has 2 rings (SSSR count). The molecule has 2 fully saturated rings. The second-order valence-corrected chi connectivity index (χ2v) is 5.70. The molecule has 4 heteroatoms. The maximum Gasteiger partial charge on any atom is 0.191 e. The molecule has 2 N–H and O–H groups in total. The van der Waals surface area contributed by atoms with Crippen LogP contribution in [0.15, 0.2) is 4.99 Å². The van der Waals surface area contributed by atoms with Crippen LogP contribution >= 0.6 is 0 Å². The molecular weight excluding hydrogens is 224 g/mol. The van der Waals surface area contributed by atoms with Crippen molar-refractivity contribution in [2.75, 3.05) is 32.7 Å². The minimum atomic E-state index is 0.679. The number of nitrogens with one attached hydrogen (secondary N) is 2. The van der Waals surface area contributed by atoms with Crippen molar-refractivity contribution in [3.63, 3.8) is 0 Å². The SMILES string of the molecule is CCNC(=NCCN1CCC(C)CC1)NC1CC1. The third-order valence-electron chi connectivity index (χ3n) is 3.82. The van der Waals surface area contributed by atoms with Gasteiger partial charge in [0.25, 0.3) is 0 Å². The van der Waals surface area contributed by atoms with Crippen LogP contribution in [0.25, 0.3) is 0 Å². The number of rotatable bonds is 5. The molecular formula is C14H28N4. The normalized spacial score (nSPS) is 23.1. The molecule has 0 radical (unpaired) electrons. The van der Waals surface area contributed by atoms with E-state index in [9.17, 15) is 0 Å². The summed E-state index contributed by atoms with van der Waals surface area (Å²) in [5, 5.41) is 6.78. The lowest BCUT2D eigenvalue weighted by atomic mass is 9.99. The van der Waals surface area contributed by atoms with E-state index in [1.54, 1.807) is 0 Å². The molecule has 1 aliphatic heterocycles. The van der Waals surface area contributed by atoms with Gasteiger partial charge in [-0.15, -0.1) is 0 Å². The van der Waals surface area contributed by atoms with Crippen LogP contribution in [-0.4, -0.2) is 49.6 Å². The highest BCUT2D eigenvalue weighted by molar-refractivity contribution is 5.80. The van der Waals surface area contributed by atoms with Gasteiger partial charge < -0.3 is 15.5 Å². The fourth-order valence-corrected chi connectivity index (χ4v) is 2.33. The molecule has 0 unspecified atom stereocenters. The van der Waals surface area contributed by atoms with Gasteiger partial charge in [-0.05, 0) is 51.6 Å². The van der Waals surface area contributed by atoms with E-state index in [1.165, 1.54) is 38.8 Å². The van der Waals surface area contributed by atoms with E-state index in [-0.39, 0.29) is 0 Å². The van der Waals surface area contributed by atoms with Crippen LogP contribution in [-0.2, 0) is 0 Å². The number of hydrogen-bond acceptors (Lipinski definition) is 2.